The van der Waals surface area contributed by atoms with Crippen molar-refractivity contribution in [2.24, 2.45) is 0 Å². The third kappa shape index (κ3) is 8.58. The first-order valence-corrected chi connectivity index (χ1v) is 9.73. The first-order chi connectivity index (χ1) is 13.9. The smallest absolute Gasteiger partial charge is 0.335 e. The number of hydrogen-bond acceptors (Lipinski definition) is 5. The predicted octanol–water partition coefficient (Wildman–Crippen LogP) is 4.67. The van der Waals surface area contributed by atoms with Crippen LogP contribution in [-0.2, 0) is 10.4 Å². The Hall–Kier alpha value is -1.70. The molecule has 0 aromatic heterocycles. The molecule has 1 aliphatic rings. The molecule has 30 heavy (non-hydrogen) atoms. The normalized spacial score (nSPS) is 16.7. The summed E-state index contributed by atoms with van der Waals surface area (Å²) in [6.07, 6.45) is -8.54. The number of carbonyl (C=O) groups excluding carboxylic acids is 1. The number of carbonyl (C=O) groups is 1. The van der Waals surface area contributed by atoms with Gasteiger partial charge in [0.15, 0.2) is 0 Å². The van der Waals surface area contributed by atoms with Crippen LogP contribution in [0.5, 0.6) is 0 Å². The molecule has 0 saturated carbocycles. The van der Waals surface area contributed by atoms with Crippen LogP contribution in [0.3, 0.4) is 0 Å². The number of alkyl halides is 6. The lowest BCUT2D eigenvalue weighted by Crippen LogP contribution is -2.49. The summed E-state index contributed by atoms with van der Waals surface area (Å²) in [5, 5.41) is 7.13. The summed E-state index contributed by atoms with van der Waals surface area (Å²) in [6, 6.07) is 3.47. The van der Waals surface area contributed by atoms with Gasteiger partial charge < -0.3 is 10.6 Å². The van der Waals surface area contributed by atoms with Crippen molar-refractivity contribution >= 4 is 23.9 Å². The van der Waals surface area contributed by atoms with Gasteiger partial charge in [-0.05, 0) is 37.1 Å². The van der Waals surface area contributed by atoms with Crippen molar-refractivity contribution in [3.63, 3.8) is 0 Å². The summed E-state index contributed by atoms with van der Waals surface area (Å²) in [6.45, 7) is 0.662. The van der Waals surface area contributed by atoms with E-state index in [2.05, 4.69) is 10.6 Å². The summed E-state index contributed by atoms with van der Waals surface area (Å²) < 4.78 is 80.5. The van der Waals surface area contributed by atoms with Gasteiger partial charge in [-0.1, -0.05) is 0 Å². The standard InChI is InChI=1S/C17H22F6N4O2S/c1-26(30-29-11-8-16(18,19)20)27-9-6-14(7-10-27)25-15(28)24-13-4-2-12(3-5-13)17(21,22)23/h2-5,14H,6-11H2,1H3,(H2,24,25,28). The second-order valence-electron chi connectivity index (χ2n) is 6.63. The topological polar surface area (TPSA) is 56.8 Å². The molecule has 0 bridgehead atoms. The molecule has 2 N–H and O–H groups in total. The van der Waals surface area contributed by atoms with Crippen molar-refractivity contribution in [3.8, 4) is 0 Å². The molecule has 0 spiro atoms. The van der Waals surface area contributed by atoms with E-state index in [9.17, 15) is 31.1 Å². The van der Waals surface area contributed by atoms with Crippen molar-refractivity contribution in [1.82, 2.24) is 14.7 Å². The van der Waals surface area contributed by atoms with E-state index in [0.29, 0.717) is 25.9 Å². The van der Waals surface area contributed by atoms with Gasteiger partial charge in [0.2, 0.25) is 0 Å². The number of halogens is 6. The van der Waals surface area contributed by atoms with Crippen molar-refractivity contribution in [3.05, 3.63) is 29.8 Å². The molecule has 13 heteroatoms. The van der Waals surface area contributed by atoms with Crippen molar-refractivity contribution in [2.45, 2.75) is 37.7 Å². The molecule has 1 heterocycles. The Morgan fingerprint density at radius 1 is 1.17 bits per heavy atom. The second kappa shape index (κ2) is 10.6. The molecule has 1 fully saturated rings. The third-order valence-electron chi connectivity index (χ3n) is 4.30. The van der Waals surface area contributed by atoms with Crippen LogP contribution in [0.4, 0.5) is 36.8 Å². The zero-order chi connectivity index (χ0) is 22.4. The van der Waals surface area contributed by atoms with E-state index in [1.54, 1.807) is 11.5 Å². The van der Waals surface area contributed by atoms with Gasteiger partial charge >= 0.3 is 18.4 Å². The molecule has 1 aromatic rings. The Morgan fingerprint density at radius 3 is 2.30 bits per heavy atom. The Labute approximate surface area is 174 Å². The van der Waals surface area contributed by atoms with Gasteiger partial charge in [-0.15, -0.1) is 0 Å². The van der Waals surface area contributed by atoms with E-state index in [1.165, 1.54) is 12.1 Å². The maximum Gasteiger partial charge on any atom is 0.416 e. The Kier molecular flexibility index (Phi) is 8.64. The van der Waals surface area contributed by atoms with Crippen LogP contribution in [0, 0.1) is 0 Å². The summed E-state index contributed by atoms with van der Waals surface area (Å²) in [5.41, 5.74) is -0.560. The molecule has 2 amide bonds. The summed E-state index contributed by atoms with van der Waals surface area (Å²) in [5.74, 6) is 0. The first-order valence-electron chi connectivity index (χ1n) is 9.04. The van der Waals surface area contributed by atoms with Crippen LogP contribution < -0.4 is 10.6 Å². The van der Waals surface area contributed by atoms with Crippen LogP contribution >= 0.6 is 12.2 Å². The SMILES string of the molecule is CN(SOCCC(F)(F)F)N1CCC(NC(=O)Nc2ccc(C(F)(F)F)cc2)CC1. The molecule has 2 rings (SSSR count). The number of urea groups is 1. The van der Waals surface area contributed by atoms with Crippen molar-refractivity contribution in [2.75, 3.05) is 32.1 Å². The van der Waals surface area contributed by atoms with E-state index in [4.69, 9.17) is 4.18 Å². The van der Waals surface area contributed by atoms with Gasteiger partial charge in [-0.2, -0.15) is 30.8 Å². The number of amides is 2. The minimum absolute atomic E-state index is 0.139. The fourth-order valence-corrected chi connectivity index (χ4v) is 3.27. The zero-order valence-electron chi connectivity index (χ0n) is 16.0. The average Bonchev–Trinajstić information content (AvgIpc) is 2.64. The minimum atomic E-state index is -4.44. The monoisotopic (exact) mass is 460 g/mol. The van der Waals surface area contributed by atoms with Gasteiger partial charge in [-0.3, -0.25) is 4.18 Å². The van der Waals surface area contributed by atoms with Crippen molar-refractivity contribution in [1.29, 1.82) is 0 Å². The first kappa shape index (κ1) is 24.6. The highest BCUT2D eigenvalue weighted by atomic mass is 32.2. The van der Waals surface area contributed by atoms with Crippen molar-refractivity contribution < 1.29 is 35.3 Å². The lowest BCUT2D eigenvalue weighted by Gasteiger charge is -2.36. The Bertz CT molecular complexity index is 678. The Balaban J connectivity index is 1.68. The lowest BCUT2D eigenvalue weighted by molar-refractivity contribution is -0.139. The van der Waals surface area contributed by atoms with E-state index in [0.717, 1.165) is 24.4 Å². The molecule has 0 unspecified atom stereocenters. The average molecular weight is 460 g/mol. The molecule has 0 atom stereocenters. The minimum Gasteiger partial charge on any atom is -0.335 e. The molecule has 0 radical (unpaired) electrons. The maximum atomic E-state index is 12.6. The molecule has 6 nitrogen and oxygen atoms in total. The molecule has 1 aliphatic heterocycles. The maximum absolute atomic E-state index is 12.6. The highest BCUT2D eigenvalue weighted by Gasteiger charge is 2.30. The Morgan fingerprint density at radius 2 is 1.77 bits per heavy atom. The van der Waals surface area contributed by atoms with E-state index in [1.807, 2.05) is 5.01 Å². The molecule has 1 aromatic carbocycles. The number of hydrogen-bond donors (Lipinski definition) is 2. The summed E-state index contributed by atoms with van der Waals surface area (Å²) in [7, 11) is 1.67. The molecular weight excluding hydrogens is 438 g/mol. The number of nitrogens with one attached hydrogen (secondary N) is 2. The summed E-state index contributed by atoms with van der Waals surface area (Å²) in [4.78, 5) is 12.0. The number of piperidine rings is 1. The number of hydrazine groups is 1. The number of rotatable bonds is 7. The van der Waals surface area contributed by atoms with Gasteiger partial charge in [0.05, 0.1) is 30.8 Å². The van der Waals surface area contributed by atoms with E-state index >= 15 is 0 Å². The van der Waals surface area contributed by atoms with Crippen LogP contribution in [0.1, 0.15) is 24.8 Å². The van der Waals surface area contributed by atoms with Gasteiger partial charge in [-0.25, -0.2) is 9.80 Å². The van der Waals surface area contributed by atoms with Crippen LogP contribution in [0.15, 0.2) is 24.3 Å². The van der Waals surface area contributed by atoms with Gasteiger partial charge in [0, 0.05) is 31.9 Å². The summed E-state index contributed by atoms with van der Waals surface area (Å²) >= 11 is 0.823. The zero-order valence-corrected chi connectivity index (χ0v) is 16.8. The van der Waals surface area contributed by atoms with Crippen LogP contribution in [0.25, 0.3) is 0 Å². The fourth-order valence-electron chi connectivity index (χ4n) is 2.71. The van der Waals surface area contributed by atoms with Crippen LogP contribution in [-0.4, -0.2) is 54.4 Å². The van der Waals surface area contributed by atoms with Crippen LogP contribution in [0.2, 0.25) is 0 Å². The number of nitrogens with zero attached hydrogens (tertiary/aromatic N) is 2. The second-order valence-corrected chi connectivity index (χ2v) is 7.54. The highest BCUT2D eigenvalue weighted by molar-refractivity contribution is 7.92. The van der Waals surface area contributed by atoms with Gasteiger partial charge in [0.25, 0.3) is 0 Å². The number of benzene rings is 1. The largest absolute Gasteiger partial charge is 0.416 e. The quantitative estimate of drug-likeness (QED) is 0.268. The molecule has 170 valence electrons. The molecule has 0 aliphatic carbocycles. The predicted molar refractivity (Wildman–Crippen MR) is 100 cm³/mol. The lowest BCUT2D eigenvalue weighted by atomic mass is 10.1. The highest BCUT2D eigenvalue weighted by Crippen LogP contribution is 2.29. The fraction of sp³-hybridized carbons (Fsp3) is 0.588. The van der Waals surface area contributed by atoms with E-state index < -0.39 is 37.0 Å². The van der Waals surface area contributed by atoms with E-state index in [-0.39, 0.29) is 11.7 Å². The molecule has 1 saturated heterocycles. The number of anilines is 1. The van der Waals surface area contributed by atoms with Gasteiger partial charge in [0.1, 0.15) is 0 Å². The third-order valence-corrected chi connectivity index (χ3v) is 5.02. The molecular formula is C17H22F6N4O2S.